The Balaban J connectivity index is 1.82. The van der Waals surface area contributed by atoms with Crippen LogP contribution in [0.15, 0.2) is 0 Å². The van der Waals surface area contributed by atoms with Crippen LogP contribution < -0.4 is 0 Å². The highest BCUT2D eigenvalue weighted by Crippen LogP contribution is 2.84. The number of hydrogen-bond donors (Lipinski definition) is 0. The molecule has 5 fully saturated rings. The Morgan fingerprint density at radius 1 is 1.00 bits per heavy atom. The molecule has 54 valence electrons. The molecule has 1 nitrogen and oxygen atoms in total. The van der Waals surface area contributed by atoms with E-state index in [1.165, 1.54) is 5.92 Å². The third-order valence-corrected chi connectivity index (χ3v) is 4.75. The first-order valence-electron chi connectivity index (χ1n) is 4.46. The molecule has 0 saturated heterocycles. The van der Waals surface area contributed by atoms with E-state index >= 15 is 0 Å². The van der Waals surface area contributed by atoms with E-state index < -0.39 is 0 Å². The average molecular weight is 136 g/mol. The summed E-state index contributed by atoms with van der Waals surface area (Å²) in [5.74, 6) is 6.69. The Hall–Kier alpha value is -0.0400. The summed E-state index contributed by atoms with van der Waals surface area (Å²) in [6.07, 6.45) is 2.28. The summed E-state index contributed by atoms with van der Waals surface area (Å²) < 4.78 is 5.47. The second-order valence-electron chi connectivity index (χ2n) is 4.57. The van der Waals surface area contributed by atoms with Gasteiger partial charge in [-0.3, -0.25) is 0 Å². The summed E-state index contributed by atoms with van der Waals surface area (Å²) in [7, 11) is 1.89. The summed E-state index contributed by atoms with van der Waals surface area (Å²) in [5, 5.41) is 0. The Morgan fingerprint density at radius 3 is 2.00 bits per heavy atom. The lowest BCUT2D eigenvalue weighted by atomic mass is 9.70. The topological polar surface area (TPSA) is 9.23 Å². The highest BCUT2D eigenvalue weighted by molar-refractivity contribution is 5.30. The SMILES string of the molecule is COC1C2C3CC4C2C4C31. The predicted octanol–water partition coefficient (Wildman–Crippen LogP) is 1.14. The van der Waals surface area contributed by atoms with Crippen molar-refractivity contribution in [2.75, 3.05) is 7.11 Å². The van der Waals surface area contributed by atoms with Gasteiger partial charge in [-0.1, -0.05) is 0 Å². The molecule has 5 saturated carbocycles. The van der Waals surface area contributed by atoms with Crippen molar-refractivity contribution in [2.45, 2.75) is 12.5 Å². The normalized spacial score (nSPS) is 79.5. The Bertz CT molecular complexity index is 191. The Labute approximate surface area is 60.7 Å². The fourth-order valence-electron chi connectivity index (χ4n) is 4.63. The molecule has 0 spiro atoms. The molecule has 5 aliphatic rings. The summed E-state index contributed by atoms with van der Waals surface area (Å²) in [4.78, 5) is 0. The second kappa shape index (κ2) is 1.08. The number of rotatable bonds is 1. The number of methoxy groups -OCH3 is 1. The first kappa shape index (κ1) is 4.76. The Morgan fingerprint density at radius 2 is 1.60 bits per heavy atom. The number of ether oxygens (including phenoxy) is 1. The van der Waals surface area contributed by atoms with Crippen LogP contribution in [0.4, 0.5) is 0 Å². The largest absolute Gasteiger partial charge is 0.381 e. The van der Waals surface area contributed by atoms with Gasteiger partial charge in [0.15, 0.2) is 0 Å². The van der Waals surface area contributed by atoms with Crippen molar-refractivity contribution in [3.63, 3.8) is 0 Å². The molecule has 1 heteroatoms. The van der Waals surface area contributed by atoms with E-state index in [2.05, 4.69) is 0 Å². The highest BCUT2D eigenvalue weighted by atomic mass is 16.5. The third-order valence-electron chi connectivity index (χ3n) is 4.75. The van der Waals surface area contributed by atoms with Gasteiger partial charge < -0.3 is 4.74 Å². The molecule has 0 aromatic heterocycles. The Kier molecular flexibility index (Phi) is 0.513. The second-order valence-corrected chi connectivity index (χ2v) is 4.57. The van der Waals surface area contributed by atoms with Gasteiger partial charge in [0.1, 0.15) is 0 Å². The monoisotopic (exact) mass is 136 g/mol. The summed E-state index contributed by atoms with van der Waals surface area (Å²) in [5.41, 5.74) is 0. The van der Waals surface area contributed by atoms with Crippen molar-refractivity contribution < 1.29 is 4.74 Å². The average Bonchev–Trinajstić information content (AvgIpc) is 2.38. The lowest BCUT2D eigenvalue weighted by Crippen LogP contribution is -2.44. The van der Waals surface area contributed by atoms with Gasteiger partial charge in [0.05, 0.1) is 6.10 Å². The minimum Gasteiger partial charge on any atom is -0.381 e. The molecular weight excluding hydrogens is 124 g/mol. The van der Waals surface area contributed by atoms with E-state index in [1.54, 1.807) is 6.42 Å². The van der Waals surface area contributed by atoms with Crippen LogP contribution >= 0.6 is 0 Å². The molecule has 6 bridgehead atoms. The fourth-order valence-corrected chi connectivity index (χ4v) is 4.63. The van der Waals surface area contributed by atoms with Crippen LogP contribution in [-0.4, -0.2) is 13.2 Å². The van der Waals surface area contributed by atoms with Crippen molar-refractivity contribution in [1.29, 1.82) is 0 Å². The molecular formula is C9H12O. The number of hydrogen-bond acceptors (Lipinski definition) is 1. The highest BCUT2D eigenvalue weighted by Gasteiger charge is 2.83. The first-order valence-corrected chi connectivity index (χ1v) is 4.46. The minimum atomic E-state index is 0.707. The maximum Gasteiger partial charge on any atom is 0.0638 e. The van der Waals surface area contributed by atoms with Crippen LogP contribution in [0, 0.1) is 35.5 Å². The van der Waals surface area contributed by atoms with E-state index in [9.17, 15) is 0 Å². The van der Waals surface area contributed by atoms with Gasteiger partial charge in [0, 0.05) is 7.11 Å². The van der Waals surface area contributed by atoms with E-state index in [-0.39, 0.29) is 0 Å². The molecule has 0 aliphatic heterocycles. The van der Waals surface area contributed by atoms with E-state index in [1.807, 2.05) is 7.11 Å². The van der Waals surface area contributed by atoms with Gasteiger partial charge in [-0.2, -0.15) is 0 Å². The summed E-state index contributed by atoms with van der Waals surface area (Å²) >= 11 is 0. The van der Waals surface area contributed by atoms with E-state index in [0.29, 0.717) is 6.10 Å². The summed E-state index contributed by atoms with van der Waals surface area (Å²) in [6, 6.07) is 0. The van der Waals surface area contributed by atoms with Gasteiger partial charge in [0.25, 0.3) is 0 Å². The van der Waals surface area contributed by atoms with Crippen molar-refractivity contribution in [3.05, 3.63) is 0 Å². The zero-order chi connectivity index (χ0) is 6.46. The molecule has 10 heavy (non-hydrogen) atoms. The molecule has 5 rings (SSSR count). The lowest BCUT2D eigenvalue weighted by Gasteiger charge is -2.41. The predicted molar refractivity (Wildman–Crippen MR) is 36.4 cm³/mol. The minimum absolute atomic E-state index is 0.707. The van der Waals surface area contributed by atoms with Gasteiger partial charge in [-0.15, -0.1) is 0 Å². The zero-order valence-corrected chi connectivity index (χ0v) is 6.16. The van der Waals surface area contributed by atoms with Crippen LogP contribution in [-0.2, 0) is 4.74 Å². The standard InChI is InChI=1S/C9H12O/c1-10-9-7-4-2-3-5(7)6(3)8(4)9/h3-9H,2H2,1H3. The molecule has 0 radical (unpaired) electrons. The van der Waals surface area contributed by atoms with E-state index in [0.717, 1.165) is 29.6 Å². The van der Waals surface area contributed by atoms with Crippen molar-refractivity contribution >= 4 is 0 Å². The van der Waals surface area contributed by atoms with Gasteiger partial charge in [-0.05, 0) is 41.9 Å². The first-order chi connectivity index (χ1) is 4.93. The molecule has 4 atom stereocenters. The molecule has 5 aliphatic carbocycles. The van der Waals surface area contributed by atoms with Crippen LogP contribution in [0.2, 0.25) is 0 Å². The maximum atomic E-state index is 5.47. The van der Waals surface area contributed by atoms with E-state index in [4.69, 9.17) is 4.74 Å². The maximum absolute atomic E-state index is 5.47. The van der Waals surface area contributed by atoms with Gasteiger partial charge >= 0.3 is 0 Å². The van der Waals surface area contributed by atoms with Gasteiger partial charge in [0.2, 0.25) is 0 Å². The van der Waals surface area contributed by atoms with Gasteiger partial charge in [-0.25, -0.2) is 0 Å². The molecule has 0 aromatic rings. The van der Waals surface area contributed by atoms with Crippen LogP contribution in [0.5, 0.6) is 0 Å². The molecule has 0 aromatic carbocycles. The van der Waals surface area contributed by atoms with Crippen molar-refractivity contribution in [1.82, 2.24) is 0 Å². The van der Waals surface area contributed by atoms with Crippen LogP contribution in [0.25, 0.3) is 0 Å². The lowest BCUT2D eigenvalue weighted by molar-refractivity contribution is -0.0769. The summed E-state index contributed by atoms with van der Waals surface area (Å²) in [6.45, 7) is 0. The molecule has 4 unspecified atom stereocenters. The molecule has 0 amide bonds. The smallest absolute Gasteiger partial charge is 0.0638 e. The zero-order valence-electron chi connectivity index (χ0n) is 6.16. The van der Waals surface area contributed by atoms with Crippen LogP contribution in [0.3, 0.4) is 0 Å². The third kappa shape index (κ3) is 0.241. The van der Waals surface area contributed by atoms with Crippen molar-refractivity contribution in [3.8, 4) is 0 Å². The fraction of sp³-hybridized carbons (Fsp3) is 1.00. The molecule has 0 heterocycles. The van der Waals surface area contributed by atoms with Crippen LogP contribution in [0.1, 0.15) is 6.42 Å². The van der Waals surface area contributed by atoms with Crippen molar-refractivity contribution in [2.24, 2.45) is 35.5 Å². The quantitative estimate of drug-likeness (QED) is 0.525. The molecule has 0 N–H and O–H groups in total.